The number of ether oxygens (including phenoxy) is 1. The van der Waals surface area contributed by atoms with Crippen LogP contribution in [0, 0.1) is 6.92 Å². The Kier molecular flexibility index (Phi) is 4.68. The molecule has 2 aromatic heterocycles. The van der Waals surface area contributed by atoms with Crippen LogP contribution >= 0.6 is 11.3 Å². The van der Waals surface area contributed by atoms with Crippen molar-refractivity contribution >= 4 is 23.2 Å². The number of rotatable bonds is 5. The molecule has 1 aliphatic rings. The van der Waals surface area contributed by atoms with Crippen molar-refractivity contribution in [2.45, 2.75) is 31.7 Å². The van der Waals surface area contributed by atoms with Crippen LogP contribution in [0.2, 0.25) is 0 Å². The first-order valence-electron chi connectivity index (χ1n) is 7.70. The number of carbonyl (C=O) groups excluding carboxylic acids is 1. The number of carboxylic acid groups (broad SMARTS) is 1. The third kappa shape index (κ3) is 3.65. The van der Waals surface area contributed by atoms with E-state index in [1.165, 1.54) is 0 Å². The highest BCUT2D eigenvalue weighted by Crippen LogP contribution is 2.26. The minimum absolute atomic E-state index is 0.110. The fourth-order valence-electron chi connectivity index (χ4n) is 2.88. The van der Waals surface area contributed by atoms with Crippen LogP contribution in [0.15, 0.2) is 17.6 Å². The maximum Gasteiger partial charge on any atom is 0.305 e. The van der Waals surface area contributed by atoms with Crippen LogP contribution in [0.3, 0.4) is 0 Å². The van der Waals surface area contributed by atoms with E-state index in [0.717, 1.165) is 16.3 Å². The molecule has 7 nitrogen and oxygen atoms in total. The maximum absolute atomic E-state index is 12.6. The minimum atomic E-state index is -0.928. The largest absolute Gasteiger partial charge is 0.481 e. The van der Waals surface area contributed by atoms with Crippen LogP contribution in [0.5, 0.6) is 0 Å². The summed E-state index contributed by atoms with van der Waals surface area (Å²) in [6.45, 7) is 2.82. The highest BCUT2D eigenvalue weighted by atomic mass is 32.1. The summed E-state index contributed by atoms with van der Waals surface area (Å²) in [5, 5.41) is 15.0. The summed E-state index contributed by atoms with van der Waals surface area (Å²) >= 11 is 1.55. The van der Waals surface area contributed by atoms with Gasteiger partial charge in [-0.1, -0.05) is 0 Å². The first kappa shape index (κ1) is 16.7. The number of thiazole rings is 1. The Morgan fingerprint density at radius 3 is 2.83 bits per heavy atom. The van der Waals surface area contributed by atoms with Crippen molar-refractivity contribution in [2.75, 3.05) is 13.2 Å². The number of aliphatic carboxylic acids is 1. The Morgan fingerprint density at radius 2 is 2.21 bits per heavy atom. The number of hydrogen-bond donors (Lipinski definition) is 3. The van der Waals surface area contributed by atoms with E-state index < -0.39 is 11.5 Å². The number of aromatic amines is 1. The number of nitrogens with zero attached hydrogens (tertiary/aromatic N) is 1. The highest BCUT2D eigenvalue weighted by molar-refractivity contribution is 7.09. The molecule has 0 spiro atoms. The molecule has 8 heteroatoms. The molecule has 1 amide bonds. The molecule has 0 unspecified atom stereocenters. The smallest absolute Gasteiger partial charge is 0.305 e. The van der Waals surface area contributed by atoms with Gasteiger partial charge in [0.05, 0.1) is 22.7 Å². The molecule has 0 aromatic carbocycles. The standard InChI is InChI=1S/C16H19N3O4S/c1-10-18-13(9-24-10)11-6-12(17-8-11)15(22)19-16(7-14(20)21)2-4-23-5-3-16/h6,8-9,17H,2-5,7H2,1H3,(H,19,22)(H,20,21). The first-order chi connectivity index (χ1) is 11.5. The van der Waals surface area contributed by atoms with Gasteiger partial charge in [-0.2, -0.15) is 0 Å². The molecule has 24 heavy (non-hydrogen) atoms. The van der Waals surface area contributed by atoms with Gasteiger partial charge in [-0.3, -0.25) is 9.59 Å². The summed E-state index contributed by atoms with van der Waals surface area (Å²) in [5.41, 5.74) is 1.29. The van der Waals surface area contributed by atoms with Gasteiger partial charge < -0.3 is 20.1 Å². The van der Waals surface area contributed by atoms with Crippen LogP contribution < -0.4 is 5.32 Å². The van der Waals surface area contributed by atoms with Crippen LogP contribution in [0.25, 0.3) is 11.3 Å². The van der Waals surface area contributed by atoms with Crippen molar-refractivity contribution < 1.29 is 19.4 Å². The first-order valence-corrected chi connectivity index (χ1v) is 8.58. The topological polar surface area (TPSA) is 104 Å². The van der Waals surface area contributed by atoms with Gasteiger partial charge in [0.2, 0.25) is 0 Å². The second-order valence-electron chi connectivity index (χ2n) is 5.97. The lowest BCUT2D eigenvalue weighted by atomic mass is 9.86. The van der Waals surface area contributed by atoms with Gasteiger partial charge in [0.1, 0.15) is 5.69 Å². The van der Waals surface area contributed by atoms with Crippen molar-refractivity contribution in [2.24, 2.45) is 0 Å². The molecule has 3 heterocycles. The zero-order chi connectivity index (χ0) is 17.2. The second kappa shape index (κ2) is 6.74. The van der Waals surface area contributed by atoms with Gasteiger partial charge in [-0.25, -0.2) is 4.98 Å². The molecular weight excluding hydrogens is 330 g/mol. The fraction of sp³-hybridized carbons (Fsp3) is 0.438. The SMILES string of the molecule is Cc1nc(-c2c[nH]c(C(=O)NC3(CC(=O)O)CCOCC3)c2)cs1. The lowest BCUT2D eigenvalue weighted by molar-refractivity contribution is -0.139. The summed E-state index contributed by atoms with van der Waals surface area (Å²) < 4.78 is 5.30. The fourth-order valence-corrected chi connectivity index (χ4v) is 3.50. The van der Waals surface area contributed by atoms with Gasteiger partial charge in [0, 0.05) is 30.4 Å². The number of amides is 1. The molecule has 2 aromatic rings. The maximum atomic E-state index is 12.6. The zero-order valence-electron chi connectivity index (χ0n) is 13.3. The summed E-state index contributed by atoms with van der Waals surface area (Å²) in [6.07, 6.45) is 2.60. The van der Waals surface area contributed by atoms with Crippen LogP contribution in [0.1, 0.15) is 34.8 Å². The van der Waals surface area contributed by atoms with E-state index in [9.17, 15) is 9.59 Å². The van der Waals surface area contributed by atoms with Crippen molar-refractivity contribution in [3.63, 3.8) is 0 Å². The van der Waals surface area contributed by atoms with E-state index in [1.54, 1.807) is 23.6 Å². The summed E-state index contributed by atoms with van der Waals surface area (Å²) in [7, 11) is 0. The molecule has 1 fully saturated rings. The lowest BCUT2D eigenvalue weighted by Crippen LogP contribution is -2.53. The second-order valence-corrected chi connectivity index (χ2v) is 7.03. The molecule has 1 aliphatic heterocycles. The van der Waals surface area contributed by atoms with Gasteiger partial charge in [-0.05, 0) is 25.8 Å². The Hall–Kier alpha value is -2.19. The molecule has 0 saturated carbocycles. The predicted octanol–water partition coefficient (Wildman–Crippen LogP) is 2.20. The van der Waals surface area contributed by atoms with Gasteiger partial charge in [-0.15, -0.1) is 11.3 Å². The normalized spacial score (nSPS) is 16.7. The number of carboxylic acids is 1. The van der Waals surface area contributed by atoms with Crippen LogP contribution in [-0.4, -0.2) is 45.7 Å². The average molecular weight is 349 g/mol. The lowest BCUT2D eigenvalue weighted by Gasteiger charge is -2.36. The van der Waals surface area contributed by atoms with Gasteiger partial charge >= 0.3 is 5.97 Å². The van der Waals surface area contributed by atoms with E-state index in [1.807, 2.05) is 12.3 Å². The minimum Gasteiger partial charge on any atom is -0.481 e. The van der Waals surface area contributed by atoms with Crippen molar-refractivity contribution in [3.05, 3.63) is 28.3 Å². The molecule has 128 valence electrons. The number of aryl methyl sites for hydroxylation is 1. The zero-order valence-corrected chi connectivity index (χ0v) is 14.1. The van der Waals surface area contributed by atoms with E-state index >= 15 is 0 Å². The van der Waals surface area contributed by atoms with E-state index in [4.69, 9.17) is 9.84 Å². The van der Waals surface area contributed by atoms with Crippen LogP contribution in [0.4, 0.5) is 0 Å². The van der Waals surface area contributed by atoms with Crippen LogP contribution in [-0.2, 0) is 9.53 Å². The van der Waals surface area contributed by atoms with E-state index in [0.29, 0.717) is 31.7 Å². The van der Waals surface area contributed by atoms with Gasteiger partial charge in [0.15, 0.2) is 0 Å². The number of nitrogens with one attached hydrogen (secondary N) is 2. The molecule has 3 rings (SSSR count). The molecule has 0 bridgehead atoms. The highest BCUT2D eigenvalue weighted by Gasteiger charge is 2.36. The molecule has 0 atom stereocenters. The monoisotopic (exact) mass is 349 g/mol. The summed E-state index contributed by atoms with van der Waals surface area (Å²) in [4.78, 5) is 31.1. The van der Waals surface area contributed by atoms with Crippen molar-refractivity contribution in [1.29, 1.82) is 0 Å². The molecule has 3 N–H and O–H groups in total. The van der Waals surface area contributed by atoms with E-state index in [-0.39, 0.29) is 12.3 Å². The number of carbonyl (C=O) groups is 2. The predicted molar refractivity (Wildman–Crippen MR) is 89.1 cm³/mol. The van der Waals surface area contributed by atoms with Crippen molar-refractivity contribution in [1.82, 2.24) is 15.3 Å². The molecule has 0 radical (unpaired) electrons. The summed E-state index contributed by atoms with van der Waals surface area (Å²) in [6, 6.07) is 1.73. The third-order valence-corrected chi connectivity index (χ3v) is 4.93. The van der Waals surface area contributed by atoms with E-state index in [2.05, 4.69) is 15.3 Å². The number of H-pyrrole nitrogens is 1. The molecule has 0 aliphatic carbocycles. The number of hydrogen-bond acceptors (Lipinski definition) is 5. The van der Waals surface area contributed by atoms with Gasteiger partial charge in [0.25, 0.3) is 5.91 Å². The summed E-state index contributed by atoms with van der Waals surface area (Å²) in [5.74, 6) is -1.24. The van der Waals surface area contributed by atoms with Crippen molar-refractivity contribution in [3.8, 4) is 11.3 Å². The Labute approximate surface area is 143 Å². The Morgan fingerprint density at radius 1 is 1.46 bits per heavy atom. The number of aromatic nitrogens is 2. The molecule has 1 saturated heterocycles. The average Bonchev–Trinajstić information content (AvgIpc) is 3.15. The molecular formula is C16H19N3O4S. The quantitative estimate of drug-likeness (QED) is 0.768. The third-order valence-electron chi connectivity index (χ3n) is 4.16. The Balaban J connectivity index is 1.75. The Bertz CT molecular complexity index is 746.